The zero-order valence-electron chi connectivity index (χ0n) is 10.9. The van der Waals surface area contributed by atoms with Gasteiger partial charge in [-0.3, -0.25) is 0 Å². The monoisotopic (exact) mass is 261 g/mol. The Balaban J connectivity index is 2.31. The predicted molar refractivity (Wildman–Crippen MR) is 71.7 cm³/mol. The molecule has 0 aliphatic carbocycles. The van der Waals surface area contributed by atoms with E-state index in [1.807, 2.05) is 26.0 Å². The highest BCUT2D eigenvalue weighted by Crippen LogP contribution is 2.15. The molecule has 1 N–H and O–H groups in total. The number of benzene rings is 1. The van der Waals surface area contributed by atoms with Crippen molar-refractivity contribution in [2.75, 3.05) is 0 Å². The van der Waals surface area contributed by atoms with Gasteiger partial charge >= 0.3 is 0 Å². The number of aliphatic hydroxyl groups is 1. The fourth-order valence-corrected chi connectivity index (χ4v) is 1.75. The molecular formula is C14H16FN3O. The van der Waals surface area contributed by atoms with Crippen LogP contribution in [-0.2, 0) is 6.61 Å². The number of aliphatic hydroxyl groups excluding tert-OH is 1. The molecule has 0 bridgehead atoms. The first-order chi connectivity index (χ1) is 9.11. The molecule has 4 nitrogen and oxygen atoms in total. The van der Waals surface area contributed by atoms with Gasteiger partial charge in [0.05, 0.1) is 12.3 Å². The van der Waals surface area contributed by atoms with E-state index in [2.05, 4.69) is 10.3 Å². The Bertz CT molecular complexity index is 573. The van der Waals surface area contributed by atoms with Gasteiger partial charge in [-0.05, 0) is 37.6 Å². The lowest BCUT2D eigenvalue weighted by Gasteiger charge is -2.07. The normalized spacial score (nSPS) is 11.6. The van der Waals surface area contributed by atoms with Crippen molar-refractivity contribution in [2.24, 2.45) is 0 Å². The van der Waals surface area contributed by atoms with Gasteiger partial charge < -0.3 is 5.11 Å². The molecule has 1 aromatic carbocycles. The maximum atomic E-state index is 12.8. The summed E-state index contributed by atoms with van der Waals surface area (Å²) in [5.41, 5.74) is 2.18. The second-order valence-electron chi connectivity index (χ2n) is 4.50. The Hall–Kier alpha value is -2.01. The molecule has 1 heterocycles. The summed E-state index contributed by atoms with van der Waals surface area (Å²) in [5, 5.41) is 17.2. The van der Waals surface area contributed by atoms with Gasteiger partial charge in [0.2, 0.25) is 0 Å². The van der Waals surface area contributed by atoms with Gasteiger partial charge in [0.1, 0.15) is 11.5 Å². The summed E-state index contributed by atoms with van der Waals surface area (Å²) in [4.78, 5) is 0. The minimum atomic E-state index is -0.262. The van der Waals surface area contributed by atoms with E-state index < -0.39 is 0 Å². The maximum Gasteiger partial charge on any atom is 0.123 e. The lowest BCUT2D eigenvalue weighted by atomic mass is 10.2. The van der Waals surface area contributed by atoms with Gasteiger partial charge in [-0.25, -0.2) is 9.07 Å². The van der Waals surface area contributed by atoms with Crippen molar-refractivity contribution in [2.45, 2.75) is 26.5 Å². The first-order valence-electron chi connectivity index (χ1n) is 6.10. The third-order valence-electron chi connectivity index (χ3n) is 2.75. The van der Waals surface area contributed by atoms with Gasteiger partial charge in [-0.1, -0.05) is 23.4 Å². The fourth-order valence-electron chi connectivity index (χ4n) is 1.75. The van der Waals surface area contributed by atoms with Crippen LogP contribution in [0.1, 0.15) is 36.8 Å². The van der Waals surface area contributed by atoms with Crippen molar-refractivity contribution in [3.05, 3.63) is 47.0 Å². The van der Waals surface area contributed by atoms with Crippen LogP contribution in [0.4, 0.5) is 4.39 Å². The molecular weight excluding hydrogens is 245 g/mol. The molecule has 0 unspecified atom stereocenters. The third kappa shape index (κ3) is 3.06. The average molecular weight is 261 g/mol. The van der Waals surface area contributed by atoms with Crippen LogP contribution in [0.2, 0.25) is 0 Å². The van der Waals surface area contributed by atoms with Crippen LogP contribution in [-0.4, -0.2) is 20.1 Å². The van der Waals surface area contributed by atoms with Crippen molar-refractivity contribution in [1.82, 2.24) is 15.0 Å². The lowest BCUT2D eigenvalue weighted by molar-refractivity contribution is 0.276. The summed E-state index contributed by atoms with van der Waals surface area (Å²) in [6.07, 6.45) is 3.68. The van der Waals surface area contributed by atoms with Gasteiger partial charge in [0, 0.05) is 6.04 Å². The van der Waals surface area contributed by atoms with Gasteiger partial charge in [0.25, 0.3) is 0 Å². The smallest absolute Gasteiger partial charge is 0.123 e. The van der Waals surface area contributed by atoms with Crippen LogP contribution >= 0.6 is 0 Å². The molecule has 19 heavy (non-hydrogen) atoms. The average Bonchev–Trinajstić information content (AvgIpc) is 2.81. The zero-order valence-corrected chi connectivity index (χ0v) is 10.9. The molecule has 2 rings (SSSR count). The summed E-state index contributed by atoms with van der Waals surface area (Å²) in [7, 11) is 0. The highest BCUT2D eigenvalue weighted by molar-refractivity contribution is 5.68. The van der Waals surface area contributed by atoms with E-state index in [4.69, 9.17) is 0 Å². The zero-order chi connectivity index (χ0) is 13.8. The van der Waals surface area contributed by atoms with Crippen molar-refractivity contribution >= 4 is 12.2 Å². The van der Waals surface area contributed by atoms with Crippen LogP contribution in [0.15, 0.2) is 24.3 Å². The number of rotatable bonds is 4. The van der Waals surface area contributed by atoms with E-state index in [1.165, 1.54) is 12.1 Å². The van der Waals surface area contributed by atoms with Crippen molar-refractivity contribution in [1.29, 1.82) is 0 Å². The molecule has 2 aromatic rings. The first-order valence-corrected chi connectivity index (χ1v) is 6.10. The van der Waals surface area contributed by atoms with Gasteiger partial charge in [-0.2, -0.15) is 0 Å². The van der Waals surface area contributed by atoms with Crippen molar-refractivity contribution in [3.63, 3.8) is 0 Å². The molecule has 0 spiro atoms. The summed E-state index contributed by atoms with van der Waals surface area (Å²) in [6.45, 7) is 3.83. The Morgan fingerprint density at radius 3 is 2.53 bits per heavy atom. The van der Waals surface area contributed by atoms with E-state index in [1.54, 1.807) is 16.8 Å². The minimum absolute atomic E-state index is 0.153. The van der Waals surface area contributed by atoms with Crippen LogP contribution < -0.4 is 0 Å². The molecule has 0 aliphatic heterocycles. The summed E-state index contributed by atoms with van der Waals surface area (Å²) < 4.78 is 14.5. The number of nitrogens with zero attached hydrogens (tertiary/aromatic N) is 3. The second kappa shape index (κ2) is 5.75. The highest BCUT2D eigenvalue weighted by Gasteiger charge is 2.11. The largest absolute Gasteiger partial charge is 0.390 e. The van der Waals surface area contributed by atoms with Gasteiger partial charge in [0.15, 0.2) is 0 Å². The second-order valence-corrected chi connectivity index (χ2v) is 4.50. The number of hydrogen-bond donors (Lipinski definition) is 1. The van der Waals surface area contributed by atoms with E-state index in [9.17, 15) is 9.50 Å². The number of halogens is 1. The molecule has 0 saturated carbocycles. The molecule has 0 fully saturated rings. The maximum absolute atomic E-state index is 12.8. The summed E-state index contributed by atoms with van der Waals surface area (Å²) in [6, 6.07) is 6.35. The van der Waals surface area contributed by atoms with Gasteiger partial charge in [-0.15, -0.1) is 5.10 Å². The molecule has 5 heteroatoms. The Labute approximate surface area is 111 Å². The molecule has 0 radical (unpaired) electrons. The first kappa shape index (κ1) is 13.4. The molecule has 0 amide bonds. The third-order valence-corrected chi connectivity index (χ3v) is 2.75. The Kier molecular flexibility index (Phi) is 4.06. The van der Waals surface area contributed by atoms with Crippen LogP contribution in [0.25, 0.3) is 12.2 Å². The van der Waals surface area contributed by atoms with Crippen LogP contribution in [0, 0.1) is 5.82 Å². The fraction of sp³-hybridized carbons (Fsp3) is 0.286. The quantitative estimate of drug-likeness (QED) is 0.920. The molecule has 1 aromatic heterocycles. The number of aromatic nitrogens is 3. The predicted octanol–water partition coefficient (Wildman–Crippen LogP) is 2.66. The molecule has 0 aliphatic rings. The molecule has 100 valence electrons. The number of hydrogen-bond acceptors (Lipinski definition) is 3. The standard InChI is InChI=1S/C14H16FN3O/c1-10(2)18-14(13(9-19)16-17-18)8-5-11-3-6-12(15)7-4-11/h3-8,10,19H,9H2,1-2H3/b8-5+. The van der Waals surface area contributed by atoms with Crippen LogP contribution in [0.3, 0.4) is 0 Å². The van der Waals surface area contributed by atoms with E-state index >= 15 is 0 Å². The topological polar surface area (TPSA) is 50.9 Å². The molecule has 0 saturated heterocycles. The Morgan fingerprint density at radius 2 is 1.95 bits per heavy atom. The lowest BCUT2D eigenvalue weighted by Crippen LogP contribution is -2.05. The SMILES string of the molecule is CC(C)n1nnc(CO)c1/C=C/c1ccc(F)cc1. The molecule has 0 atom stereocenters. The Morgan fingerprint density at radius 1 is 1.26 bits per heavy atom. The summed E-state index contributed by atoms with van der Waals surface area (Å²) in [5.74, 6) is -0.262. The van der Waals surface area contributed by atoms with Crippen LogP contribution in [0.5, 0.6) is 0 Å². The van der Waals surface area contributed by atoms with E-state index in [-0.39, 0.29) is 18.5 Å². The van der Waals surface area contributed by atoms with Crippen molar-refractivity contribution in [3.8, 4) is 0 Å². The van der Waals surface area contributed by atoms with E-state index in [0.29, 0.717) is 5.69 Å². The minimum Gasteiger partial charge on any atom is -0.390 e. The summed E-state index contributed by atoms with van der Waals surface area (Å²) >= 11 is 0. The van der Waals surface area contributed by atoms with Crippen molar-refractivity contribution < 1.29 is 9.50 Å². The highest BCUT2D eigenvalue weighted by atomic mass is 19.1. The van der Waals surface area contributed by atoms with E-state index in [0.717, 1.165) is 11.3 Å².